The summed E-state index contributed by atoms with van der Waals surface area (Å²) in [6.45, 7) is 2.54. The molecule has 1 heterocycles. The third-order valence-corrected chi connectivity index (χ3v) is 2.34. The fourth-order valence-corrected chi connectivity index (χ4v) is 1.60. The maximum atomic E-state index is 8.85. The topological polar surface area (TPSA) is 62.9 Å². The highest BCUT2D eigenvalue weighted by atomic mass is 15.2. The summed E-state index contributed by atoms with van der Waals surface area (Å²) >= 11 is 0. The van der Waals surface area contributed by atoms with Gasteiger partial charge in [0.15, 0.2) is 6.19 Å². The van der Waals surface area contributed by atoms with Gasteiger partial charge in [0, 0.05) is 12.6 Å². The lowest BCUT2D eigenvalue weighted by Crippen LogP contribution is -2.41. The number of nitrogens with zero attached hydrogens (tertiary/aromatic N) is 3. The minimum absolute atomic E-state index is 0.347. The van der Waals surface area contributed by atoms with E-state index in [1.54, 1.807) is 4.90 Å². The van der Waals surface area contributed by atoms with Crippen LogP contribution in [0.15, 0.2) is 0 Å². The predicted molar refractivity (Wildman–Crippen MR) is 48.4 cm³/mol. The fourth-order valence-electron chi connectivity index (χ4n) is 1.60. The van der Waals surface area contributed by atoms with Crippen molar-refractivity contribution in [1.29, 1.82) is 10.5 Å². The highest BCUT2D eigenvalue weighted by Crippen LogP contribution is 2.10. The first kappa shape index (κ1) is 9.83. The third-order valence-electron chi connectivity index (χ3n) is 2.34. The van der Waals surface area contributed by atoms with Gasteiger partial charge in [-0.1, -0.05) is 0 Å². The first-order chi connectivity index (χ1) is 6.38. The molecule has 0 aromatic rings. The van der Waals surface area contributed by atoms with Crippen molar-refractivity contribution in [1.82, 2.24) is 10.2 Å². The molecule has 0 aliphatic carbocycles. The molecule has 1 aliphatic rings. The Bertz CT molecular complexity index is 219. The van der Waals surface area contributed by atoms with Crippen LogP contribution in [0.5, 0.6) is 0 Å². The standard InChI is InChI=1S/C9H14N4/c10-4-1-7-13(8-11)9-2-5-12-6-3-9/h9,12H,1-3,5-7H2. The largest absolute Gasteiger partial charge is 0.317 e. The van der Waals surface area contributed by atoms with Crippen LogP contribution >= 0.6 is 0 Å². The molecule has 0 unspecified atom stereocenters. The van der Waals surface area contributed by atoms with Crippen LogP contribution in [0.4, 0.5) is 0 Å². The summed E-state index contributed by atoms with van der Waals surface area (Å²) in [6, 6.07) is 2.41. The molecule has 4 heteroatoms. The summed E-state index contributed by atoms with van der Waals surface area (Å²) in [6.07, 6.45) is 4.63. The maximum Gasteiger partial charge on any atom is 0.179 e. The van der Waals surface area contributed by atoms with Crippen LogP contribution in [0.3, 0.4) is 0 Å². The highest BCUT2D eigenvalue weighted by Gasteiger charge is 2.18. The van der Waals surface area contributed by atoms with Crippen molar-refractivity contribution >= 4 is 0 Å². The molecule has 0 spiro atoms. The van der Waals surface area contributed by atoms with Gasteiger partial charge in [-0.2, -0.15) is 10.5 Å². The molecule has 1 rings (SSSR count). The first-order valence-electron chi connectivity index (χ1n) is 4.62. The Morgan fingerprint density at radius 1 is 1.31 bits per heavy atom. The van der Waals surface area contributed by atoms with Gasteiger partial charge in [-0.15, -0.1) is 0 Å². The Balaban J connectivity index is 2.37. The SMILES string of the molecule is N#CCCN(C#N)C1CCNCC1. The molecule has 1 fully saturated rings. The molecule has 13 heavy (non-hydrogen) atoms. The maximum absolute atomic E-state index is 8.85. The zero-order valence-corrected chi connectivity index (χ0v) is 7.66. The van der Waals surface area contributed by atoms with Crippen LogP contribution in [0.1, 0.15) is 19.3 Å². The van der Waals surface area contributed by atoms with E-state index in [-0.39, 0.29) is 0 Å². The van der Waals surface area contributed by atoms with E-state index >= 15 is 0 Å². The second-order valence-electron chi connectivity index (χ2n) is 3.18. The minimum atomic E-state index is 0.347. The van der Waals surface area contributed by atoms with Crippen LogP contribution in [0, 0.1) is 22.8 Å². The number of piperidine rings is 1. The second-order valence-corrected chi connectivity index (χ2v) is 3.18. The van der Waals surface area contributed by atoms with E-state index in [1.807, 2.05) is 0 Å². The van der Waals surface area contributed by atoms with Crippen molar-refractivity contribution in [2.75, 3.05) is 19.6 Å². The molecule has 0 saturated carbocycles. The quantitative estimate of drug-likeness (QED) is 0.503. The predicted octanol–water partition coefficient (Wildman–Crippen LogP) is 0.435. The second kappa shape index (κ2) is 5.40. The summed E-state index contributed by atoms with van der Waals surface area (Å²) in [5.74, 6) is 0. The van der Waals surface area contributed by atoms with Crippen molar-refractivity contribution in [2.24, 2.45) is 0 Å². The Morgan fingerprint density at radius 2 is 2.00 bits per heavy atom. The van der Waals surface area contributed by atoms with Crippen molar-refractivity contribution in [2.45, 2.75) is 25.3 Å². The van der Waals surface area contributed by atoms with Crippen molar-refractivity contribution < 1.29 is 0 Å². The van der Waals surface area contributed by atoms with Gasteiger partial charge in [-0.25, -0.2) is 0 Å². The van der Waals surface area contributed by atoms with E-state index in [0.717, 1.165) is 25.9 Å². The zero-order valence-electron chi connectivity index (χ0n) is 7.66. The van der Waals surface area contributed by atoms with E-state index < -0.39 is 0 Å². The summed E-state index contributed by atoms with van der Waals surface area (Å²) in [4.78, 5) is 1.74. The molecular weight excluding hydrogens is 164 g/mol. The van der Waals surface area contributed by atoms with Crippen molar-refractivity contribution in [3.8, 4) is 12.3 Å². The molecule has 0 bridgehead atoms. The molecule has 0 radical (unpaired) electrons. The van der Waals surface area contributed by atoms with Gasteiger partial charge in [0.05, 0.1) is 12.5 Å². The molecule has 70 valence electrons. The van der Waals surface area contributed by atoms with Gasteiger partial charge >= 0.3 is 0 Å². The molecule has 4 nitrogen and oxygen atoms in total. The summed E-state index contributed by atoms with van der Waals surface area (Å²) in [5.41, 5.74) is 0. The van der Waals surface area contributed by atoms with E-state index in [4.69, 9.17) is 10.5 Å². The number of hydrogen-bond donors (Lipinski definition) is 1. The molecule has 0 amide bonds. The highest BCUT2D eigenvalue weighted by molar-refractivity contribution is 4.87. The van der Waals surface area contributed by atoms with Gasteiger partial charge in [-0.3, -0.25) is 0 Å². The van der Waals surface area contributed by atoms with Gasteiger partial charge in [0.25, 0.3) is 0 Å². The number of hydrogen-bond acceptors (Lipinski definition) is 4. The summed E-state index contributed by atoms with van der Waals surface area (Å²) in [7, 11) is 0. The average molecular weight is 178 g/mol. The number of nitrogens with one attached hydrogen (secondary N) is 1. The van der Waals surface area contributed by atoms with E-state index in [1.165, 1.54) is 0 Å². The molecule has 1 N–H and O–H groups in total. The van der Waals surface area contributed by atoms with E-state index in [0.29, 0.717) is 19.0 Å². The fraction of sp³-hybridized carbons (Fsp3) is 0.778. The molecule has 0 aromatic heterocycles. The number of rotatable bonds is 3. The van der Waals surface area contributed by atoms with E-state index in [9.17, 15) is 0 Å². The van der Waals surface area contributed by atoms with Crippen molar-refractivity contribution in [3.05, 3.63) is 0 Å². The average Bonchev–Trinajstić information content (AvgIpc) is 2.21. The molecular formula is C9H14N4. The summed E-state index contributed by atoms with van der Waals surface area (Å²) in [5, 5.41) is 20.5. The van der Waals surface area contributed by atoms with Crippen LogP contribution in [0.25, 0.3) is 0 Å². The molecule has 1 saturated heterocycles. The first-order valence-corrected chi connectivity index (χ1v) is 4.62. The summed E-state index contributed by atoms with van der Waals surface area (Å²) < 4.78 is 0. The number of nitriles is 2. The lowest BCUT2D eigenvalue weighted by Gasteiger charge is -2.29. The van der Waals surface area contributed by atoms with Gasteiger partial charge in [0.1, 0.15) is 0 Å². The van der Waals surface area contributed by atoms with Gasteiger partial charge in [-0.05, 0) is 25.9 Å². The van der Waals surface area contributed by atoms with Gasteiger partial charge in [0.2, 0.25) is 0 Å². The van der Waals surface area contributed by atoms with Gasteiger partial charge < -0.3 is 10.2 Å². The van der Waals surface area contributed by atoms with Crippen LogP contribution < -0.4 is 5.32 Å². The van der Waals surface area contributed by atoms with E-state index in [2.05, 4.69) is 17.6 Å². The Morgan fingerprint density at radius 3 is 2.54 bits per heavy atom. The van der Waals surface area contributed by atoms with Crippen molar-refractivity contribution in [3.63, 3.8) is 0 Å². The third kappa shape index (κ3) is 2.93. The Labute approximate surface area is 78.7 Å². The molecule has 0 aromatic carbocycles. The zero-order chi connectivity index (χ0) is 9.52. The Kier molecular flexibility index (Phi) is 4.08. The normalized spacial score (nSPS) is 17.4. The molecule has 0 atom stereocenters. The molecule has 1 aliphatic heterocycles. The lowest BCUT2D eigenvalue weighted by molar-refractivity contribution is 0.240. The van der Waals surface area contributed by atoms with Crippen LogP contribution in [-0.4, -0.2) is 30.6 Å². The van der Waals surface area contributed by atoms with Crippen LogP contribution in [0.2, 0.25) is 0 Å². The monoisotopic (exact) mass is 178 g/mol. The Hall–Kier alpha value is -1.26. The minimum Gasteiger partial charge on any atom is -0.317 e. The van der Waals surface area contributed by atoms with Crippen LogP contribution in [-0.2, 0) is 0 Å². The lowest BCUT2D eigenvalue weighted by atomic mass is 10.1. The smallest absolute Gasteiger partial charge is 0.179 e.